The van der Waals surface area contributed by atoms with E-state index in [1.807, 2.05) is 25.2 Å². The minimum Gasteiger partial charge on any atom is -0.379 e. The number of halogens is 1. The normalized spacial score (nSPS) is 10.9. The van der Waals surface area contributed by atoms with Gasteiger partial charge in [0.1, 0.15) is 0 Å². The first kappa shape index (κ1) is 9.37. The van der Waals surface area contributed by atoms with Gasteiger partial charge in [0.2, 0.25) is 0 Å². The summed E-state index contributed by atoms with van der Waals surface area (Å²) in [5, 5.41) is 2.86. The van der Waals surface area contributed by atoms with Gasteiger partial charge >= 0.3 is 0 Å². The molecule has 0 bridgehead atoms. The number of rotatable bonds is 4. The van der Waals surface area contributed by atoms with Gasteiger partial charge < -0.3 is 10.2 Å². The molecule has 0 aromatic rings. The second-order valence-electron chi connectivity index (χ2n) is 2.03. The second-order valence-corrected chi connectivity index (χ2v) is 2.30. The Morgan fingerprint density at radius 1 is 1.70 bits per heavy atom. The van der Waals surface area contributed by atoms with Gasteiger partial charge in [-0.15, -0.1) is 11.6 Å². The van der Waals surface area contributed by atoms with Crippen LogP contribution < -0.4 is 5.32 Å². The Hall–Kier alpha value is -0.630. The maximum absolute atomic E-state index is 5.61. The maximum atomic E-state index is 5.61. The van der Waals surface area contributed by atoms with Crippen LogP contribution in [0.5, 0.6) is 0 Å². The van der Waals surface area contributed by atoms with Crippen molar-refractivity contribution in [3.05, 3.63) is 24.7 Å². The smallest absolute Gasteiger partial charge is 0.0638 e. The Kier molecular flexibility index (Phi) is 4.85. The number of alkyl halides is 1. The number of hydrogen-bond donors (Lipinski definition) is 1. The standard InChI is InChI=1S/C7H13ClN2/c1-4-9-6-7(5-8)10(2)3/h4,6,9H,1,5H2,2-3H3/b7-6-. The molecule has 0 heterocycles. The first-order chi connectivity index (χ1) is 4.72. The van der Waals surface area contributed by atoms with Crippen molar-refractivity contribution in [1.29, 1.82) is 0 Å². The van der Waals surface area contributed by atoms with Crippen LogP contribution in [0.15, 0.2) is 24.7 Å². The highest BCUT2D eigenvalue weighted by Gasteiger charge is 1.94. The van der Waals surface area contributed by atoms with Crippen LogP contribution in [0.2, 0.25) is 0 Å². The molecule has 0 radical (unpaired) electrons. The van der Waals surface area contributed by atoms with E-state index < -0.39 is 0 Å². The average molecular weight is 161 g/mol. The molecule has 0 aromatic heterocycles. The fourth-order valence-electron chi connectivity index (χ4n) is 0.442. The molecule has 0 saturated carbocycles. The summed E-state index contributed by atoms with van der Waals surface area (Å²) in [6.45, 7) is 3.51. The molecule has 0 amide bonds. The molecule has 0 atom stereocenters. The van der Waals surface area contributed by atoms with E-state index in [2.05, 4.69) is 11.9 Å². The predicted molar refractivity (Wildman–Crippen MR) is 45.8 cm³/mol. The quantitative estimate of drug-likeness (QED) is 0.625. The van der Waals surface area contributed by atoms with Crippen molar-refractivity contribution in [2.45, 2.75) is 0 Å². The summed E-state index contributed by atoms with van der Waals surface area (Å²) >= 11 is 5.61. The molecule has 58 valence electrons. The minimum atomic E-state index is 0.508. The lowest BCUT2D eigenvalue weighted by Crippen LogP contribution is -2.14. The molecule has 0 spiro atoms. The Morgan fingerprint density at radius 2 is 2.30 bits per heavy atom. The summed E-state index contributed by atoms with van der Waals surface area (Å²) in [6, 6.07) is 0. The maximum Gasteiger partial charge on any atom is 0.0638 e. The van der Waals surface area contributed by atoms with Gasteiger partial charge in [-0.25, -0.2) is 0 Å². The van der Waals surface area contributed by atoms with Gasteiger partial charge in [-0.2, -0.15) is 0 Å². The predicted octanol–water partition coefficient (Wildman–Crippen LogP) is 1.36. The molecule has 2 nitrogen and oxygen atoms in total. The second kappa shape index (κ2) is 5.18. The number of hydrogen-bond acceptors (Lipinski definition) is 2. The summed E-state index contributed by atoms with van der Waals surface area (Å²) in [4.78, 5) is 1.95. The highest BCUT2D eigenvalue weighted by Crippen LogP contribution is 1.98. The highest BCUT2D eigenvalue weighted by atomic mass is 35.5. The third kappa shape index (κ3) is 3.41. The summed E-state index contributed by atoms with van der Waals surface area (Å²) in [6.07, 6.45) is 3.43. The molecule has 0 unspecified atom stereocenters. The molecular weight excluding hydrogens is 148 g/mol. The van der Waals surface area contributed by atoms with Crippen LogP contribution in [-0.4, -0.2) is 24.9 Å². The third-order valence-corrected chi connectivity index (χ3v) is 1.35. The lowest BCUT2D eigenvalue weighted by Gasteiger charge is -2.13. The third-order valence-electron chi connectivity index (χ3n) is 1.08. The Bertz CT molecular complexity index is 130. The van der Waals surface area contributed by atoms with E-state index in [4.69, 9.17) is 11.6 Å². The molecule has 1 N–H and O–H groups in total. The summed E-state index contributed by atoms with van der Waals surface area (Å²) in [5.74, 6) is 0.508. The van der Waals surface area contributed by atoms with Crippen molar-refractivity contribution in [2.24, 2.45) is 0 Å². The molecule has 0 aromatic carbocycles. The van der Waals surface area contributed by atoms with Crippen LogP contribution in [0.1, 0.15) is 0 Å². The van der Waals surface area contributed by atoms with E-state index in [0.29, 0.717) is 5.88 Å². The van der Waals surface area contributed by atoms with Crippen molar-refractivity contribution in [3.63, 3.8) is 0 Å². The molecule has 0 saturated heterocycles. The number of allylic oxidation sites excluding steroid dienone is 1. The van der Waals surface area contributed by atoms with Gasteiger partial charge in [-0.05, 0) is 6.20 Å². The molecule has 0 aliphatic heterocycles. The van der Waals surface area contributed by atoms with E-state index in [0.717, 1.165) is 5.70 Å². The van der Waals surface area contributed by atoms with Crippen LogP contribution >= 0.6 is 11.6 Å². The van der Waals surface area contributed by atoms with Crippen molar-refractivity contribution in [2.75, 3.05) is 20.0 Å². The average Bonchev–Trinajstić information content (AvgIpc) is 1.89. The van der Waals surface area contributed by atoms with Crippen molar-refractivity contribution in [3.8, 4) is 0 Å². The molecule has 10 heavy (non-hydrogen) atoms. The van der Waals surface area contributed by atoms with Crippen molar-refractivity contribution >= 4 is 11.6 Å². The molecular formula is C7H13ClN2. The Morgan fingerprint density at radius 3 is 2.60 bits per heavy atom. The zero-order valence-electron chi connectivity index (χ0n) is 6.39. The first-order valence-corrected chi connectivity index (χ1v) is 3.55. The van der Waals surface area contributed by atoms with Gasteiger partial charge in [-0.3, -0.25) is 0 Å². The lowest BCUT2D eigenvalue weighted by atomic mass is 10.5. The molecule has 0 aliphatic carbocycles. The van der Waals surface area contributed by atoms with Crippen molar-refractivity contribution in [1.82, 2.24) is 10.2 Å². The van der Waals surface area contributed by atoms with Crippen LogP contribution in [0.25, 0.3) is 0 Å². The molecule has 0 rings (SSSR count). The summed E-state index contributed by atoms with van der Waals surface area (Å²) < 4.78 is 0. The van der Waals surface area contributed by atoms with E-state index in [-0.39, 0.29) is 0 Å². The van der Waals surface area contributed by atoms with Crippen LogP contribution in [0.3, 0.4) is 0 Å². The first-order valence-electron chi connectivity index (χ1n) is 3.01. The zero-order valence-corrected chi connectivity index (χ0v) is 7.15. The number of nitrogens with zero attached hydrogens (tertiary/aromatic N) is 1. The Balaban J connectivity index is 3.90. The van der Waals surface area contributed by atoms with E-state index in [9.17, 15) is 0 Å². The molecule has 3 heteroatoms. The van der Waals surface area contributed by atoms with Gasteiger partial charge in [0, 0.05) is 26.0 Å². The van der Waals surface area contributed by atoms with E-state index in [1.54, 1.807) is 6.20 Å². The van der Waals surface area contributed by atoms with Crippen LogP contribution in [0, 0.1) is 0 Å². The fraction of sp³-hybridized carbons (Fsp3) is 0.429. The highest BCUT2D eigenvalue weighted by molar-refractivity contribution is 6.19. The summed E-state index contributed by atoms with van der Waals surface area (Å²) in [7, 11) is 3.89. The monoisotopic (exact) mass is 160 g/mol. The van der Waals surface area contributed by atoms with E-state index >= 15 is 0 Å². The Labute approximate surface area is 67.2 Å². The van der Waals surface area contributed by atoms with Crippen molar-refractivity contribution < 1.29 is 0 Å². The number of nitrogens with one attached hydrogen (secondary N) is 1. The van der Waals surface area contributed by atoms with E-state index in [1.165, 1.54) is 0 Å². The summed E-state index contributed by atoms with van der Waals surface area (Å²) in [5.41, 5.74) is 1.03. The SMILES string of the molecule is C=CN/C=C(/CCl)N(C)C. The lowest BCUT2D eigenvalue weighted by molar-refractivity contribution is 0.512. The largest absolute Gasteiger partial charge is 0.379 e. The van der Waals surface area contributed by atoms with Gasteiger partial charge in [0.15, 0.2) is 0 Å². The van der Waals surface area contributed by atoms with Crippen LogP contribution in [-0.2, 0) is 0 Å². The topological polar surface area (TPSA) is 15.3 Å². The van der Waals surface area contributed by atoms with Gasteiger partial charge in [0.05, 0.1) is 5.88 Å². The zero-order chi connectivity index (χ0) is 7.98. The van der Waals surface area contributed by atoms with Crippen LogP contribution in [0.4, 0.5) is 0 Å². The van der Waals surface area contributed by atoms with Gasteiger partial charge in [-0.1, -0.05) is 6.58 Å². The van der Waals surface area contributed by atoms with Gasteiger partial charge in [0.25, 0.3) is 0 Å². The molecule has 0 fully saturated rings. The minimum absolute atomic E-state index is 0.508. The molecule has 0 aliphatic rings. The fourth-order valence-corrected chi connectivity index (χ4v) is 0.759.